The van der Waals surface area contributed by atoms with Crippen molar-refractivity contribution in [3.05, 3.63) is 48.3 Å². The van der Waals surface area contributed by atoms with Crippen LogP contribution < -0.4 is 4.74 Å². The standard InChI is InChI=1S/C16H20N2O3S/c1-17-10-4-5-14(17)12-18(13-8-9-13)22(19,20)16-7-3-6-15(11-16)21-2/h3-7,10-11,13H,8-9,12H2,1-2H3. The Balaban J connectivity index is 1.94. The van der Waals surface area contributed by atoms with Crippen LogP contribution in [0.15, 0.2) is 47.5 Å². The maximum Gasteiger partial charge on any atom is 0.243 e. The number of aromatic nitrogens is 1. The molecule has 1 aliphatic carbocycles. The van der Waals surface area contributed by atoms with Gasteiger partial charge in [-0.2, -0.15) is 4.31 Å². The minimum absolute atomic E-state index is 0.103. The molecule has 1 aromatic carbocycles. The van der Waals surface area contributed by atoms with Gasteiger partial charge in [-0.05, 0) is 37.1 Å². The lowest BCUT2D eigenvalue weighted by Crippen LogP contribution is -2.33. The number of hydrogen-bond acceptors (Lipinski definition) is 3. The van der Waals surface area contributed by atoms with Gasteiger partial charge in [0.05, 0.1) is 18.6 Å². The molecule has 118 valence electrons. The minimum atomic E-state index is -3.52. The van der Waals surface area contributed by atoms with Crippen molar-refractivity contribution in [2.75, 3.05) is 7.11 Å². The quantitative estimate of drug-likeness (QED) is 0.821. The summed E-state index contributed by atoms with van der Waals surface area (Å²) in [5.41, 5.74) is 0.985. The molecule has 0 atom stereocenters. The molecule has 0 spiro atoms. The second-order valence-corrected chi connectivity index (χ2v) is 7.46. The Labute approximate surface area is 131 Å². The van der Waals surface area contributed by atoms with Gasteiger partial charge in [0.25, 0.3) is 0 Å². The normalized spacial score (nSPS) is 15.2. The number of nitrogens with zero attached hydrogens (tertiary/aromatic N) is 2. The van der Waals surface area contributed by atoms with E-state index in [9.17, 15) is 8.42 Å². The first kappa shape index (κ1) is 15.1. The molecule has 0 amide bonds. The zero-order valence-corrected chi connectivity index (χ0v) is 13.6. The minimum Gasteiger partial charge on any atom is -0.497 e. The monoisotopic (exact) mass is 320 g/mol. The number of sulfonamides is 1. The van der Waals surface area contributed by atoms with Crippen LogP contribution in [-0.4, -0.2) is 30.4 Å². The van der Waals surface area contributed by atoms with Crippen molar-refractivity contribution in [3.8, 4) is 5.75 Å². The van der Waals surface area contributed by atoms with Crippen LogP contribution in [-0.2, 0) is 23.6 Å². The van der Waals surface area contributed by atoms with E-state index in [0.29, 0.717) is 12.3 Å². The summed E-state index contributed by atoms with van der Waals surface area (Å²) in [5, 5.41) is 0. The summed E-state index contributed by atoms with van der Waals surface area (Å²) in [7, 11) is -0.0580. The number of aryl methyl sites for hydroxylation is 1. The van der Waals surface area contributed by atoms with Crippen molar-refractivity contribution in [1.82, 2.24) is 8.87 Å². The summed E-state index contributed by atoms with van der Waals surface area (Å²) in [6.07, 6.45) is 3.78. The van der Waals surface area contributed by atoms with E-state index in [-0.39, 0.29) is 10.9 Å². The van der Waals surface area contributed by atoms with Gasteiger partial charge < -0.3 is 9.30 Å². The van der Waals surface area contributed by atoms with E-state index in [1.54, 1.807) is 28.6 Å². The van der Waals surface area contributed by atoms with Crippen LogP contribution in [0, 0.1) is 0 Å². The Bertz CT molecular complexity index is 763. The lowest BCUT2D eigenvalue weighted by molar-refractivity contribution is 0.388. The van der Waals surface area contributed by atoms with Crippen molar-refractivity contribution in [1.29, 1.82) is 0 Å². The summed E-state index contributed by atoms with van der Waals surface area (Å²) in [5.74, 6) is 0.552. The van der Waals surface area contributed by atoms with Crippen LogP contribution in [0.4, 0.5) is 0 Å². The number of hydrogen-bond donors (Lipinski definition) is 0. The average molecular weight is 320 g/mol. The molecule has 1 aliphatic rings. The van der Waals surface area contributed by atoms with Crippen LogP contribution in [0.1, 0.15) is 18.5 Å². The van der Waals surface area contributed by atoms with Gasteiger partial charge in [-0.25, -0.2) is 8.42 Å². The lowest BCUT2D eigenvalue weighted by atomic mass is 10.3. The molecule has 0 unspecified atom stereocenters. The second-order valence-electron chi connectivity index (χ2n) is 5.57. The van der Waals surface area contributed by atoms with E-state index in [0.717, 1.165) is 18.5 Å². The third-order valence-electron chi connectivity index (χ3n) is 3.97. The highest BCUT2D eigenvalue weighted by Gasteiger charge is 2.38. The Morgan fingerprint density at radius 3 is 2.64 bits per heavy atom. The summed E-state index contributed by atoms with van der Waals surface area (Å²) in [4.78, 5) is 0.285. The van der Waals surface area contributed by atoms with Gasteiger partial charge in [0.15, 0.2) is 0 Å². The maximum atomic E-state index is 13.0. The third-order valence-corrected chi connectivity index (χ3v) is 5.87. The van der Waals surface area contributed by atoms with Gasteiger partial charge in [0.1, 0.15) is 5.75 Å². The molecule has 3 rings (SSSR count). The van der Waals surface area contributed by atoms with Crippen molar-refractivity contribution in [2.24, 2.45) is 7.05 Å². The van der Waals surface area contributed by atoms with Crippen molar-refractivity contribution in [3.63, 3.8) is 0 Å². The number of ether oxygens (including phenoxy) is 1. The van der Waals surface area contributed by atoms with E-state index in [4.69, 9.17) is 4.74 Å². The molecule has 0 aliphatic heterocycles. The van der Waals surface area contributed by atoms with Gasteiger partial charge in [-0.1, -0.05) is 6.07 Å². The molecule has 22 heavy (non-hydrogen) atoms. The predicted octanol–water partition coefficient (Wildman–Crippen LogP) is 2.39. The number of rotatable bonds is 6. The van der Waals surface area contributed by atoms with Crippen molar-refractivity contribution in [2.45, 2.75) is 30.3 Å². The van der Waals surface area contributed by atoms with Gasteiger partial charge in [-0.15, -0.1) is 0 Å². The van der Waals surface area contributed by atoms with E-state index < -0.39 is 10.0 Å². The largest absolute Gasteiger partial charge is 0.497 e. The smallest absolute Gasteiger partial charge is 0.243 e. The van der Waals surface area contributed by atoms with Crippen LogP contribution in [0.25, 0.3) is 0 Å². The van der Waals surface area contributed by atoms with Crippen LogP contribution >= 0.6 is 0 Å². The fourth-order valence-electron chi connectivity index (χ4n) is 2.49. The molecule has 6 heteroatoms. The lowest BCUT2D eigenvalue weighted by Gasteiger charge is -2.22. The Hall–Kier alpha value is -1.79. The zero-order valence-electron chi connectivity index (χ0n) is 12.8. The summed E-state index contributed by atoms with van der Waals surface area (Å²) < 4.78 is 34.7. The van der Waals surface area contributed by atoms with E-state index in [2.05, 4.69) is 0 Å². The third kappa shape index (κ3) is 2.89. The molecule has 1 fully saturated rings. The molecular weight excluding hydrogens is 300 g/mol. The highest BCUT2D eigenvalue weighted by atomic mass is 32.2. The molecule has 5 nitrogen and oxygen atoms in total. The maximum absolute atomic E-state index is 13.0. The van der Waals surface area contributed by atoms with Gasteiger partial charge >= 0.3 is 0 Å². The first-order chi connectivity index (χ1) is 10.5. The average Bonchev–Trinajstić information content (AvgIpc) is 3.27. The summed E-state index contributed by atoms with van der Waals surface area (Å²) in [6.45, 7) is 0.397. The predicted molar refractivity (Wildman–Crippen MR) is 84.2 cm³/mol. The summed E-state index contributed by atoms with van der Waals surface area (Å²) in [6, 6.07) is 10.6. The zero-order chi connectivity index (χ0) is 15.7. The topological polar surface area (TPSA) is 51.5 Å². The first-order valence-corrected chi connectivity index (χ1v) is 8.72. The molecule has 0 saturated heterocycles. The first-order valence-electron chi connectivity index (χ1n) is 7.28. The molecule has 0 N–H and O–H groups in total. The second kappa shape index (κ2) is 5.78. The molecule has 0 radical (unpaired) electrons. The summed E-state index contributed by atoms with van der Waals surface area (Å²) >= 11 is 0. The highest BCUT2D eigenvalue weighted by molar-refractivity contribution is 7.89. The SMILES string of the molecule is COc1cccc(S(=O)(=O)N(Cc2cccn2C)C2CC2)c1. The van der Waals surface area contributed by atoms with Crippen molar-refractivity contribution < 1.29 is 13.2 Å². The molecule has 1 aromatic heterocycles. The van der Waals surface area contributed by atoms with Crippen molar-refractivity contribution >= 4 is 10.0 Å². The number of methoxy groups -OCH3 is 1. The van der Waals surface area contributed by atoms with Crippen LogP contribution in [0.3, 0.4) is 0 Å². The highest BCUT2D eigenvalue weighted by Crippen LogP contribution is 2.34. The van der Waals surface area contributed by atoms with Gasteiger partial charge in [-0.3, -0.25) is 0 Å². The van der Waals surface area contributed by atoms with Crippen LogP contribution in [0.2, 0.25) is 0 Å². The van der Waals surface area contributed by atoms with E-state index in [1.165, 1.54) is 7.11 Å². The molecular formula is C16H20N2O3S. The number of benzene rings is 1. The fourth-order valence-corrected chi connectivity index (χ4v) is 4.18. The molecule has 2 aromatic rings. The molecule has 0 bridgehead atoms. The fraction of sp³-hybridized carbons (Fsp3) is 0.375. The molecule has 1 heterocycles. The van der Waals surface area contributed by atoms with E-state index >= 15 is 0 Å². The Kier molecular flexibility index (Phi) is 3.97. The molecule has 1 saturated carbocycles. The Morgan fingerprint density at radius 2 is 2.05 bits per heavy atom. The van der Waals surface area contributed by atoms with Gasteiger partial charge in [0.2, 0.25) is 10.0 Å². The van der Waals surface area contributed by atoms with Crippen LogP contribution in [0.5, 0.6) is 5.75 Å². The Morgan fingerprint density at radius 1 is 1.27 bits per heavy atom. The van der Waals surface area contributed by atoms with E-state index in [1.807, 2.05) is 29.9 Å². The van der Waals surface area contributed by atoms with Gasteiger partial charge in [0, 0.05) is 31.0 Å².